The zero-order valence-electron chi connectivity index (χ0n) is 16.1. The summed E-state index contributed by atoms with van der Waals surface area (Å²) in [6.07, 6.45) is 1.75. The SMILES string of the molecule is COc1cc(/C=C(/C#N)c2ccccc2)ccc1OC(=O)c1ccccc1OC. The molecule has 5 heteroatoms. The summed E-state index contributed by atoms with van der Waals surface area (Å²) in [6, 6.07) is 23.5. The molecule has 0 heterocycles. The number of rotatable bonds is 6. The highest BCUT2D eigenvalue weighted by Gasteiger charge is 2.16. The van der Waals surface area contributed by atoms with E-state index in [-0.39, 0.29) is 5.75 Å². The number of hydrogen-bond acceptors (Lipinski definition) is 5. The van der Waals surface area contributed by atoms with Gasteiger partial charge in [0, 0.05) is 0 Å². The third-order valence-corrected chi connectivity index (χ3v) is 4.23. The van der Waals surface area contributed by atoms with E-state index in [1.54, 1.807) is 48.5 Å². The van der Waals surface area contributed by atoms with Gasteiger partial charge in [0.05, 0.1) is 25.9 Å². The van der Waals surface area contributed by atoms with Gasteiger partial charge in [-0.1, -0.05) is 48.5 Å². The van der Waals surface area contributed by atoms with Crippen molar-refractivity contribution in [3.63, 3.8) is 0 Å². The summed E-state index contributed by atoms with van der Waals surface area (Å²) >= 11 is 0. The lowest BCUT2D eigenvalue weighted by Gasteiger charge is -2.12. The molecule has 3 rings (SSSR count). The van der Waals surface area contributed by atoms with E-state index in [1.807, 2.05) is 30.3 Å². The molecular formula is C24H19NO4. The Morgan fingerprint density at radius 2 is 1.55 bits per heavy atom. The fourth-order valence-corrected chi connectivity index (χ4v) is 2.79. The lowest BCUT2D eigenvalue weighted by Crippen LogP contribution is -2.10. The van der Waals surface area contributed by atoms with Crippen LogP contribution >= 0.6 is 0 Å². The highest BCUT2D eigenvalue weighted by molar-refractivity contribution is 5.94. The minimum Gasteiger partial charge on any atom is -0.496 e. The maximum absolute atomic E-state index is 12.5. The molecule has 0 aliphatic rings. The lowest BCUT2D eigenvalue weighted by atomic mass is 10.0. The topological polar surface area (TPSA) is 68.5 Å². The van der Waals surface area contributed by atoms with E-state index in [0.29, 0.717) is 22.6 Å². The van der Waals surface area contributed by atoms with Gasteiger partial charge in [0.1, 0.15) is 11.3 Å². The molecule has 3 aromatic rings. The molecule has 0 bridgehead atoms. The van der Waals surface area contributed by atoms with Gasteiger partial charge in [0.15, 0.2) is 11.5 Å². The summed E-state index contributed by atoms with van der Waals surface area (Å²) in [4.78, 5) is 12.5. The van der Waals surface area contributed by atoms with Gasteiger partial charge in [-0.05, 0) is 41.5 Å². The van der Waals surface area contributed by atoms with Crippen LogP contribution in [-0.4, -0.2) is 20.2 Å². The van der Waals surface area contributed by atoms with E-state index < -0.39 is 5.97 Å². The first-order chi connectivity index (χ1) is 14.2. The van der Waals surface area contributed by atoms with Gasteiger partial charge in [-0.15, -0.1) is 0 Å². The predicted octanol–water partition coefficient (Wildman–Crippen LogP) is 4.99. The summed E-state index contributed by atoms with van der Waals surface area (Å²) in [6.45, 7) is 0. The van der Waals surface area contributed by atoms with Crippen LogP contribution in [0, 0.1) is 11.3 Å². The van der Waals surface area contributed by atoms with Crippen LogP contribution in [-0.2, 0) is 0 Å². The van der Waals surface area contributed by atoms with Crippen LogP contribution in [0.25, 0.3) is 11.6 Å². The van der Waals surface area contributed by atoms with Gasteiger partial charge >= 0.3 is 5.97 Å². The fourth-order valence-electron chi connectivity index (χ4n) is 2.79. The zero-order valence-corrected chi connectivity index (χ0v) is 16.1. The molecule has 0 fully saturated rings. The van der Waals surface area contributed by atoms with Crippen molar-refractivity contribution < 1.29 is 19.0 Å². The highest BCUT2D eigenvalue weighted by atomic mass is 16.6. The standard InChI is InChI=1S/C24H19NO4/c1-27-21-11-7-6-10-20(21)24(26)29-22-13-12-17(15-23(22)28-2)14-19(16-25)18-8-4-3-5-9-18/h3-15H,1-2H3/b19-14-. The van der Waals surface area contributed by atoms with Crippen molar-refractivity contribution in [1.29, 1.82) is 5.26 Å². The summed E-state index contributed by atoms with van der Waals surface area (Å²) in [5, 5.41) is 9.49. The van der Waals surface area contributed by atoms with Crippen LogP contribution in [0.3, 0.4) is 0 Å². The number of methoxy groups -OCH3 is 2. The number of nitrogens with zero attached hydrogens (tertiary/aromatic N) is 1. The van der Waals surface area contributed by atoms with Crippen LogP contribution in [0.5, 0.6) is 17.2 Å². The second-order valence-electron chi connectivity index (χ2n) is 6.04. The number of nitriles is 1. The van der Waals surface area contributed by atoms with Crippen molar-refractivity contribution in [2.75, 3.05) is 14.2 Å². The van der Waals surface area contributed by atoms with E-state index in [4.69, 9.17) is 14.2 Å². The van der Waals surface area contributed by atoms with E-state index in [1.165, 1.54) is 14.2 Å². The molecule has 0 spiro atoms. The molecule has 0 N–H and O–H groups in total. The monoisotopic (exact) mass is 385 g/mol. The Bertz CT molecular complexity index is 1080. The van der Waals surface area contributed by atoms with Gasteiger partial charge < -0.3 is 14.2 Å². The quantitative estimate of drug-likeness (QED) is 0.259. The molecule has 0 saturated heterocycles. The van der Waals surface area contributed by atoms with Crippen molar-refractivity contribution in [3.05, 3.63) is 89.5 Å². The zero-order chi connectivity index (χ0) is 20.6. The molecule has 0 radical (unpaired) electrons. The fraction of sp³-hybridized carbons (Fsp3) is 0.0833. The lowest BCUT2D eigenvalue weighted by molar-refractivity contribution is 0.0726. The van der Waals surface area contributed by atoms with Crippen LogP contribution < -0.4 is 14.2 Å². The number of para-hydroxylation sites is 1. The number of carbonyl (C=O) groups is 1. The highest BCUT2D eigenvalue weighted by Crippen LogP contribution is 2.31. The molecule has 0 aliphatic heterocycles. The second-order valence-corrected chi connectivity index (χ2v) is 6.04. The Morgan fingerprint density at radius 3 is 2.24 bits per heavy atom. The Kier molecular flexibility index (Phi) is 6.29. The minimum absolute atomic E-state index is 0.277. The molecule has 0 aromatic heterocycles. The maximum Gasteiger partial charge on any atom is 0.347 e. The van der Waals surface area contributed by atoms with Crippen molar-refractivity contribution in [2.24, 2.45) is 0 Å². The number of esters is 1. The summed E-state index contributed by atoms with van der Waals surface area (Å²) in [7, 11) is 2.99. The molecule has 0 aliphatic carbocycles. The average Bonchev–Trinajstić information content (AvgIpc) is 2.78. The smallest absolute Gasteiger partial charge is 0.347 e. The first-order valence-corrected chi connectivity index (χ1v) is 8.86. The van der Waals surface area contributed by atoms with E-state index in [0.717, 1.165) is 11.1 Å². The molecular weight excluding hydrogens is 366 g/mol. The van der Waals surface area contributed by atoms with Crippen molar-refractivity contribution in [2.45, 2.75) is 0 Å². The molecule has 144 valence electrons. The van der Waals surface area contributed by atoms with Crippen LogP contribution in [0.4, 0.5) is 0 Å². The van der Waals surface area contributed by atoms with E-state index in [9.17, 15) is 10.1 Å². The minimum atomic E-state index is -0.550. The maximum atomic E-state index is 12.5. The number of benzene rings is 3. The third-order valence-electron chi connectivity index (χ3n) is 4.23. The Balaban J connectivity index is 1.88. The molecule has 0 saturated carbocycles. The Labute approximate surface area is 169 Å². The normalized spacial score (nSPS) is 10.7. The number of allylic oxidation sites excluding steroid dienone is 1. The molecule has 3 aromatic carbocycles. The van der Waals surface area contributed by atoms with Crippen molar-refractivity contribution >= 4 is 17.6 Å². The average molecular weight is 385 g/mol. The van der Waals surface area contributed by atoms with Gasteiger partial charge in [-0.25, -0.2) is 4.79 Å². The molecule has 0 atom stereocenters. The summed E-state index contributed by atoms with van der Waals surface area (Å²) in [5.41, 5.74) is 2.41. The first kappa shape index (κ1) is 19.7. The van der Waals surface area contributed by atoms with Crippen LogP contribution in [0.1, 0.15) is 21.5 Å². The van der Waals surface area contributed by atoms with Crippen LogP contribution in [0.2, 0.25) is 0 Å². The molecule has 5 nitrogen and oxygen atoms in total. The molecule has 0 amide bonds. The molecule has 0 unspecified atom stereocenters. The Hall–Kier alpha value is -4.04. The summed E-state index contributed by atoms with van der Waals surface area (Å²) in [5.74, 6) is 0.537. The second kappa shape index (κ2) is 9.25. The molecule has 29 heavy (non-hydrogen) atoms. The first-order valence-electron chi connectivity index (χ1n) is 8.86. The van der Waals surface area contributed by atoms with Gasteiger partial charge in [0.25, 0.3) is 0 Å². The van der Waals surface area contributed by atoms with Crippen LogP contribution in [0.15, 0.2) is 72.8 Å². The number of ether oxygens (including phenoxy) is 3. The van der Waals surface area contributed by atoms with Crippen molar-refractivity contribution in [3.8, 4) is 23.3 Å². The van der Waals surface area contributed by atoms with Gasteiger partial charge in [-0.3, -0.25) is 0 Å². The summed E-state index contributed by atoms with van der Waals surface area (Å²) < 4.78 is 16.1. The predicted molar refractivity (Wildman–Crippen MR) is 111 cm³/mol. The Morgan fingerprint density at radius 1 is 0.862 bits per heavy atom. The number of carbonyl (C=O) groups excluding carboxylic acids is 1. The van der Waals surface area contributed by atoms with Gasteiger partial charge in [0.2, 0.25) is 0 Å². The van der Waals surface area contributed by atoms with E-state index >= 15 is 0 Å². The third kappa shape index (κ3) is 4.63. The number of hydrogen-bond donors (Lipinski definition) is 0. The van der Waals surface area contributed by atoms with E-state index in [2.05, 4.69) is 6.07 Å². The van der Waals surface area contributed by atoms with Gasteiger partial charge in [-0.2, -0.15) is 5.26 Å². The largest absolute Gasteiger partial charge is 0.496 e. The van der Waals surface area contributed by atoms with Crippen molar-refractivity contribution in [1.82, 2.24) is 0 Å².